The summed E-state index contributed by atoms with van der Waals surface area (Å²) in [6.07, 6.45) is 1.74. The molecule has 1 aromatic heterocycles. The maximum atomic E-state index is 5.63. The van der Waals surface area contributed by atoms with Crippen molar-refractivity contribution in [2.75, 3.05) is 13.3 Å². The van der Waals surface area contributed by atoms with E-state index in [1.165, 1.54) is 5.56 Å². The van der Waals surface area contributed by atoms with E-state index in [1.54, 1.807) is 6.26 Å². The van der Waals surface area contributed by atoms with E-state index in [0.29, 0.717) is 12.7 Å². The van der Waals surface area contributed by atoms with Crippen molar-refractivity contribution in [2.24, 2.45) is 0 Å². The molecule has 25 heavy (non-hydrogen) atoms. The first kappa shape index (κ1) is 15.7. The monoisotopic (exact) mass is 336 g/mol. The van der Waals surface area contributed by atoms with Gasteiger partial charge in [0.25, 0.3) is 0 Å². The molecule has 0 radical (unpaired) electrons. The zero-order valence-corrected chi connectivity index (χ0v) is 14.1. The first-order valence-electron chi connectivity index (χ1n) is 8.42. The molecule has 0 spiro atoms. The summed E-state index contributed by atoms with van der Waals surface area (Å²) in [5.41, 5.74) is 3.12. The van der Waals surface area contributed by atoms with Gasteiger partial charge in [0.15, 0.2) is 11.5 Å². The van der Waals surface area contributed by atoms with Crippen LogP contribution >= 0.6 is 0 Å². The number of oxazole rings is 1. The molecule has 0 bridgehead atoms. The van der Waals surface area contributed by atoms with Crippen LogP contribution < -0.4 is 9.47 Å². The molecule has 0 amide bonds. The summed E-state index contributed by atoms with van der Waals surface area (Å²) in [6, 6.07) is 16.0. The fraction of sp³-hybridized carbons (Fsp3) is 0.250. The van der Waals surface area contributed by atoms with Gasteiger partial charge in [-0.1, -0.05) is 31.2 Å². The maximum Gasteiger partial charge on any atom is 0.231 e. The third-order valence-electron chi connectivity index (χ3n) is 4.25. The maximum absolute atomic E-state index is 5.63. The van der Waals surface area contributed by atoms with E-state index >= 15 is 0 Å². The third-order valence-corrected chi connectivity index (χ3v) is 4.25. The standard InChI is InChI=1S/C20H20N2O3/c1-2-22(11-15-8-9-18-19(10-15)25-14-24-18)12-17-13-23-20(21-17)16-6-4-3-5-7-16/h3-10,13H,2,11-12,14H2,1H3. The highest BCUT2D eigenvalue weighted by Gasteiger charge is 2.15. The SMILES string of the molecule is CCN(Cc1ccc2c(c1)OCO2)Cc1coc(-c2ccccc2)n1. The van der Waals surface area contributed by atoms with Gasteiger partial charge < -0.3 is 13.9 Å². The topological polar surface area (TPSA) is 47.7 Å². The predicted octanol–water partition coefficient (Wildman–Crippen LogP) is 4.09. The van der Waals surface area contributed by atoms with E-state index in [9.17, 15) is 0 Å². The summed E-state index contributed by atoms with van der Waals surface area (Å²) in [4.78, 5) is 6.92. The lowest BCUT2D eigenvalue weighted by atomic mass is 10.2. The van der Waals surface area contributed by atoms with Crippen LogP contribution in [0.15, 0.2) is 59.2 Å². The summed E-state index contributed by atoms with van der Waals surface area (Å²) in [6.45, 7) is 4.92. The van der Waals surface area contributed by atoms with Crippen LogP contribution in [0, 0.1) is 0 Å². The number of aromatic nitrogens is 1. The van der Waals surface area contributed by atoms with Gasteiger partial charge in [0.2, 0.25) is 12.7 Å². The van der Waals surface area contributed by atoms with Gasteiger partial charge in [-0.3, -0.25) is 4.90 Å². The minimum Gasteiger partial charge on any atom is -0.454 e. The van der Waals surface area contributed by atoms with Crippen molar-refractivity contribution in [3.63, 3.8) is 0 Å². The first-order valence-corrected chi connectivity index (χ1v) is 8.42. The average Bonchev–Trinajstić information content (AvgIpc) is 3.30. The van der Waals surface area contributed by atoms with Gasteiger partial charge in [0, 0.05) is 18.7 Å². The Kier molecular flexibility index (Phi) is 4.39. The molecule has 3 aromatic rings. The van der Waals surface area contributed by atoms with E-state index in [0.717, 1.165) is 42.4 Å². The Labute approximate surface area is 146 Å². The largest absolute Gasteiger partial charge is 0.454 e. The normalized spacial score (nSPS) is 12.7. The Bertz CT molecular complexity index is 845. The van der Waals surface area contributed by atoms with E-state index in [-0.39, 0.29) is 0 Å². The summed E-state index contributed by atoms with van der Waals surface area (Å²) in [5, 5.41) is 0. The highest BCUT2D eigenvalue weighted by molar-refractivity contribution is 5.52. The molecular weight excluding hydrogens is 316 g/mol. The van der Waals surface area contributed by atoms with Crippen molar-refractivity contribution < 1.29 is 13.9 Å². The molecule has 2 aromatic carbocycles. The number of rotatable bonds is 6. The smallest absolute Gasteiger partial charge is 0.231 e. The van der Waals surface area contributed by atoms with Gasteiger partial charge >= 0.3 is 0 Å². The molecule has 0 aliphatic carbocycles. The van der Waals surface area contributed by atoms with Crippen LogP contribution in [-0.2, 0) is 13.1 Å². The highest BCUT2D eigenvalue weighted by Crippen LogP contribution is 2.32. The van der Waals surface area contributed by atoms with Crippen LogP contribution in [0.4, 0.5) is 0 Å². The van der Waals surface area contributed by atoms with Gasteiger partial charge in [0.05, 0.1) is 5.69 Å². The lowest BCUT2D eigenvalue weighted by Gasteiger charge is -2.19. The fourth-order valence-electron chi connectivity index (χ4n) is 2.90. The van der Waals surface area contributed by atoms with Crippen LogP contribution in [0.5, 0.6) is 11.5 Å². The number of ether oxygens (including phenoxy) is 2. The Morgan fingerprint density at radius 2 is 1.84 bits per heavy atom. The quantitative estimate of drug-likeness (QED) is 0.678. The summed E-state index contributed by atoms with van der Waals surface area (Å²) >= 11 is 0. The molecule has 2 heterocycles. The van der Waals surface area contributed by atoms with Gasteiger partial charge in [-0.2, -0.15) is 0 Å². The molecule has 1 aliphatic rings. The van der Waals surface area contributed by atoms with Crippen LogP contribution in [0.3, 0.4) is 0 Å². The number of fused-ring (bicyclic) bond motifs is 1. The van der Waals surface area contributed by atoms with Crippen molar-refractivity contribution in [3.05, 3.63) is 66.1 Å². The van der Waals surface area contributed by atoms with Crippen LogP contribution in [0.25, 0.3) is 11.5 Å². The summed E-state index contributed by atoms with van der Waals surface area (Å²) in [5.74, 6) is 2.30. The van der Waals surface area contributed by atoms with E-state index in [4.69, 9.17) is 13.9 Å². The second kappa shape index (κ2) is 6.99. The zero-order chi connectivity index (χ0) is 17.1. The number of hydrogen-bond acceptors (Lipinski definition) is 5. The predicted molar refractivity (Wildman–Crippen MR) is 94.3 cm³/mol. The molecule has 4 rings (SSSR count). The summed E-state index contributed by atoms with van der Waals surface area (Å²) in [7, 11) is 0. The van der Waals surface area contributed by atoms with Crippen molar-refractivity contribution in [3.8, 4) is 23.0 Å². The van der Waals surface area contributed by atoms with E-state index < -0.39 is 0 Å². The first-order chi connectivity index (χ1) is 12.3. The Balaban J connectivity index is 1.45. The molecule has 0 atom stereocenters. The van der Waals surface area contributed by atoms with Crippen molar-refractivity contribution >= 4 is 0 Å². The molecule has 5 heteroatoms. The minimum atomic E-state index is 0.303. The molecule has 5 nitrogen and oxygen atoms in total. The second-order valence-electron chi connectivity index (χ2n) is 6.00. The molecule has 0 saturated heterocycles. The lowest BCUT2D eigenvalue weighted by Crippen LogP contribution is -2.22. The van der Waals surface area contributed by atoms with Crippen LogP contribution in [-0.4, -0.2) is 23.2 Å². The third kappa shape index (κ3) is 3.51. The minimum absolute atomic E-state index is 0.303. The summed E-state index contributed by atoms with van der Waals surface area (Å²) < 4.78 is 16.5. The van der Waals surface area contributed by atoms with Gasteiger partial charge in [0.1, 0.15) is 6.26 Å². The van der Waals surface area contributed by atoms with Crippen LogP contribution in [0.2, 0.25) is 0 Å². The number of nitrogens with zero attached hydrogens (tertiary/aromatic N) is 2. The van der Waals surface area contributed by atoms with Gasteiger partial charge in [-0.05, 0) is 36.4 Å². The Hall–Kier alpha value is -2.79. The highest BCUT2D eigenvalue weighted by atomic mass is 16.7. The molecule has 128 valence electrons. The van der Waals surface area contributed by atoms with Crippen molar-refractivity contribution in [2.45, 2.75) is 20.0 Å². The average molecular weight is 336 g/mol. The Morgan fingerprint density at radius 3 is 2.68 bits per heavy atom. The molecule has 0 saturated carbocycles. The van der Waals surface area contributed by atoms with Crippen molar-refractivity contribution in [1.29, 1.82) is 0 Å². The number of benzene rings is 2. The van der Waals surface area contributed by atoms with Crippen molar-refractivity contribution in [1.82, 2.24) is 9.88 Å². The van der Waals surface area contributed by atoms with Gasteiger partial charge in [-0.15, -0.1) is 0 Å². The molecular formula is C20H20N2O3. The van der Waals surface area contributed by atoms with Gasteiger partial charge in [-0.25, -0.2) is 4.98 Å². The number of hydrogen-bond donors (Lipinski definition) is 0. The molecule has 0 unspecified atom stereocenters. The molecule has 1 aliphatic heterocycles. The zero-order valence-electron chi connectivity index (χ0n) is 14.1. The van der Waals surface area contributed by atoms with E-state index in [2.05, 4.69) is 22.9 Å². The van der Waals surface area contributed by atoms with E-state index in [1.807, 2.05) is 42.5 Å². The fourth-order valence-corrected chi connectivity index (χ4v) is 2.90. The second-order valence-corrected chi connectivity index (χ2v) is 6.00. The lowest BCUT2D eigenvalue weighted by molar-refractivity contribution is 0.174. The molecule has 0 fully saturated rings. The van der Waals surface area contributed by atoms with Crippen LogP contribution in [0.1, 0.15) is 18.2 Å². The Morgan fingerprint density at radius 1 is 1.00 bits per heavy atom. The molecule has 0 N–H and O–H groups in total.